The summed E-state index contributed by atoms with van der Waals surface area (Å²) in [6.07, 6.45) is 3.36. The van der Waals surface area contributed by atoms with Crippen LogP contribution in [0.3, 0.4) is 0 Å². The zero-order chi connectivity index (χ0) is 12.4. The first-order chi connectivity index (χ1) is 8.08. The number of anilines is 3. The predicted octanol–water partition coefficient (Wildman–Crippen LogP) is 3.79. The fourth-order valence-corrected chi connectivity index (χ4v) is 2.12. The number of rotatable bonds is 2. The molecule has 4 heteroatoms. The zero-order valence-electron chi connectivity index (χ0n) is 9.79. The van der Waals surface area contributed by atoms with Crippen LogP contribution in [0.4, 0.5) is 17.1 Å². The molecule has 17 heavy (non-hydrogen) atoms. The second kappa shape index (κ2) is 4.75. The van der Waals surface area contributed by atoms with Crippen LogP contribution in [-0.4, -0.2) is 4.98 Å². The van der Waals surface area contributed by atoms with E-state index in [1.165, 1.54) is 11.1 Å². The van der Waals surface area contributed by atoms with Crippen LogP contribution in [0.5, 0.6) is 0 Å². The van der Waals surface area contributed by atoms with Gasteiger partial charge in [-0.1, -0.05) is 17.7 Å². The van der Waals surface area contributed by atoms with Crippen LogP contribution in [0.2, 0.25) is 0 Å². The molecule has 1 heterocycles. The van der Waals surface area contributed by atoms with Crippen molar-refractivity contribution in [1.29, 1.82) is 0 Å². The van der Waals surface area contributed by atoms with Crippen molar-refractivity contribution in [2.75, 3.05) is 11.1 Å². The highest BCUT2D eigenvalue weighted by molar-refractivity contribution is 9.10. The van der Waals surface area contributed by atoms with Gasteiger partial charge in [-0.3, -0.25) is 4.98 Å². The Hall–Kier alpha value is -1.55. The number of hydrogen-bond donors (Lipinski definition) is 2. The monoisotopic (exact) mass is 291 g/mol. The third-order valence-corrected chi connectivity index (χ3v) is 3.17. The van der Waals surface area contributed by atoms with E-state index >= 15 is 0 Å². The van der Waals surface area contributed by atoms with E-state index in [4.69, 9.17) is 5.73 Å². The fraction of sp³-hybridized carbons (Fsp3) is 0.154. The van der Waals surface area contributed by atoms with Gasteiger partial charge in [0.1, 0.15) is 0 Å². The normalized spacial score (nSPS) is 10.3. The number of hydrogen-bond acceptors (Lipinski definition) is 3. The molecule has 0 unspecified atom stereocenters. The molecule has 2 aromatic rings. The van der Waals surface area contributed by atoms with Gasteiger partial charge in [0, 0.05) is 11.9 Å². The van der Waals surface area contributed by atoms with Gasteiger partial charge in [0.2, 0.25) is 0 Å². The molecule has 3 nitrogen and oxygen atoms in total. The Morgan fingerprint density at radius 2 is 2.00 bits per heavy atom. The summed E-state index contributed by atoms with van der Waals surface area (Å²) in [5, 5.41) is 3.32. The number of aromatic nitrogens is 1. The van der Waals surface area contributed by atoms with Crippen LogP contribution in [-0.2, 0) is 0 Å². The van der Waals surface area contributed by atoms with Crippen molar-refractivity contribution in [2.45, 2.75) is 13.8 Å². The Morgan fingerprint density at radius 1 is 1.24 bits per heavy atom. The van der Waals surface area contributed by atoms with Crippen molar-refractivity contribution in [3.63, 3.8) is 0 Å². The van der Waals surface area contributed by atoms with Crippen LogP contribution < -0.4 is 11.1 Å². The number of nitrogens with two attached hydrogens (primary N) is 1. The number of nitrogen functional groups attached to an aromatic ring is 1. The molecule has 0 bridgehead atoms. The number of nitrogens with one attached hydrogen (secondary N) is 1. The highest BCUT2D eigenvalue weighted by atomic mass is 79.9. The van der Waals surface area contributed by atoms with E-state index in [0.29, 0.717) is 5.69 Å². The molecule has 0 aliphatic heterocycles. The molecule has 0 amide bonds. The molecule has 2 rings (SSSR count). The van der Waals surface area contributed by atoms with Crippen molar-refractivity contribution < 1.29 is 0 Å². The first-order valence-electron chi connectivity index (χ1n) is 5.31. The summed E-state index contributed by atoms with van der Waals surface area (Å²) in [6.45, 7) is 4.15. The maximum absolute atomic E-state index is 5.89. The molecule has 88 valence electrons. The van der Waals surface area contributed by atoms with Crippen LogP contribution in [0.25, 0.3) is 0 Å². The van der Waals surface area contributed by atoms with Crippen LogP contribution in [0.15, 0.2) is 35.1 Å². The molecule has 0 saturated carbocycles. The largest absolute Gasteiger partial charge is 0.396 e. The molecular weight excluding hydrogens is 278 g/mol. The number of halogens is 1. The summed E-state index contributed by atoms with van der Waals surface area (Å²) in [6, 6.07) is 6.26. The molecule has 0 aliphatic carbocycles. The molecule has 0 spiro atoms. The van der Waals surface area contributed by atoms with Crippen molar-refractivity contribution in [2.24, 2.45) is 0 Å². The van der Waals surface area contributed by atoms with Gasteiger partial charge in [-0.25, -0.2) is 0 Å². The Labute approximate surface area is 109 Å². The summed E-state index contributed by atoms with van der Waals surface area (Å²) in [7, 11) is 0. The van der Waals surface area contributed by atoms with Crippen LogP contribution in [0.1, 0.15) is 11.1 Å². The van der Waals surface area contributed by atoms with E-state index < -0.39 is 0 Å². The average molecular weight is 292 g/mol. The molecule has 0 aliphatic rings. The summed E-state index contributed by atoms with van der Waals surface area (Å²) >= 11 is 3.44. The molecule has 0 radical (unpaired) electrons. The maximum atomic E-state index is 5.89. The first-order valence-corrected chi connectivity index (χ1v) is 6.10. The maximum Gasteiger partial charge on any atom is 0.0794 e. The average Bonchev–Trinajstić information content (AvgIpc) is 2.26. The highest BCUT2D eigenvalue weighted by Gasteiger charge is 2.06. The number of aryl methyl sites for hydroxylation is 2. The van der Waals surface area contributed by atoms with Crippen molar-refractivity contribution in [3.05, 3.63) is 46.2 Å². The topological polar surface area (TPSA) is 50.9 Å². The lowest BCUT2D eigenvalue weighted by molar-refractivity contribution is 1.30. The number of benzene rings is 1. The molecule has 1 aromatic carbocycles. The third kappa shape index (κ3) is 2.58. The molecule has 3 N–H and O–H groups in total. The zero-order valence-corrected chi connectivity index (χ0v) is 11.4. The highest BCUT2D eigenvalue weighted by Crippen LogP contribution is 2.31. The third-order valence-electron chi connectivity index (χ3n) is 2.57. The lowest BCUT2D eigenvalue weighted by Gasteiger charge is -2.13. The summed E-state index contributed by atoms with van der Waals surface area (Å²) in [5.74, 6) is 0. The predicted molar refractivity (Wildman–Crippen MR) is 75.5 cm³/mol. The van der Waals surface area contributed by atoms with Crippen LogP contribution in [0, 0.1) is 13.8 Å². The molecule has 1 aromatic heterocycles. The smallest absolute Gasteiger partial charge is 0.0794 e. The fourth-order valence-electron chi connectivity index (χ4n) is 1.67. The Morgan fingerprint density at radius 3 is 2.65 bits per heavy atom. The van der Waals surface area contributed by atoms with Crippen molar-refractivity contribution in [1.82, 2.24) is 4.98 Å². The van der Waals surface area contributed by atoms with E-state index in [9.17, 15) is 0 Å². The second-order valence-electron chi connectivity index (χ2n) is 4.03. The minimum Gasteiger partial charge on any atom is -0.396 e. The standard InChI is InChI=1S/C13H14BrN3/c1-8-3-4-12(9(2)5-8)17-13-10(14)6-16-7-11(13)15/h3-7H,15H2,1-2H3,(H,16,17). The number of nitrogens with zero attached hydrogens (tertiary/aromatic N) is 1. The van der Waals surface area contributed by atoms with E-state index in [1.54, 1.807) is 12.4 Å². The molecule has 0 atom stereocenters. The molecular formula is C13H14BrN3. The Balaban J connectivity index is 2.38. The van der Waals surface area contributed by atoms with E-state index in [2.05, 4.69) is 58.3 Å². The molecule has 0 saturated heterocycles. The van der Waals surface area contributed by atoms with E-state index in [0.717, 1.165) is 15.8 Å². The van der Waals surface area contributed by atoms with Gasteiger partial charge < -0.3 is 11.1 Å². The number of pyridine rings is 1. The van der Waals surface area contributed by atoms with E-state index in [-0.39, 0.29) is 0 Å². The molecule has 0 fully saturated rings. The summed E-state index contributed by atoms with van der Waals surface area (Å²) < 4.78 is 0.859. The van der Waals surface area contributed by atoms with Crippen LogP contribution >= 0.6 is 15.9 Å². The minimum absolute atomic E-state index is 0.624. The van der Waals surface area contributed by atoms with Gasteiger partial charge in [-0.05, 0) is 41.4 Å². The van der Waals surface area contributed by atoms with Gasteiger partial charge in [-0.2, -0.15) is 0 Å². The minimum atomic E-state index is 0.624. The van der Waals surface area contributed by atoms with Gasteiger partial charge >= 0.3 is 0 Å². The lowest BCUT2D eigenvalue weighted by atomic mass is 10.1. The first kappa shape index (κ1) is 11.9. The lowest BCUT2D eigenvalue weighted by Crippen LogP contribution is -1.99. The Bertz CT molecular complexity index is 532. The van der Waals surface area contributed by atoms with E-state index in [1.807, 2.05) is 0 Å². The SMILES string of the molecule is Cc1ccc(Nc2c(N)cncc2Br)c(C)c1. The Kier molecular flexibility index (Phi) is 3.33. The van der Waals surface area contributed by atoms with Crippen molar-refractivity contribution >= 4 is 33.0 Å². The van der Waals surface area contributed by atoms with Gasteiger partial charge in [0.05, 0.1) is 22.0 Å². The van der Waals surface area contributed by atoms with Gasteiger partial charge in [-0.15, -0.1) is 0 Å². The second-order valence-corrected chi connectivity index (χ2v) is 4.88. The quantitative estimate of drug-likeness (QED) is 0.885. The van der Waals surface area contributed by atoms with Gasteiger partial charge in [0.15, 0.2) is 0 Å². The summed E-state index contributed by atoms with van der Waals surface area (Å²) in [4.78, 5) is 4.01. The summed E-state index contributed by atoms with van der Waals surface area (Å²) in [5.41, 5.74) is 10.9. The van der Waals surface area contributed by atoms with Gasteiger partial charge in [0.25, 0.3) is 0 Å². The van der Waals surface area contributed by atoms with Crippen molar-refractivity contribution in [3.8, 4) is 0 Å².